The van der Waals surface area contributed by atoms with Gasteiger partial charge in [-0.1, -0.05) is 6.07 Å². The second-order valence-corrected chi connectivity index (χ2v) is 7.20. The average Bonchev–Trinajstić information content (AvgIpc) is 3.44. The molecule has 1 aliphatic heterocycles. The summed E-state index contributed by atoms with van der Waals surface area (Å²) in [6.45, 7) is 0.865. The molecule has 1 saturated heterocycles. The fourth-order valence-corrected chi connectivity index (χ4v) is 3.87. The molecular weight excluding hydrogens is 407 g/mol. The lowest BCUT2D eigenvalue weighted by molar-refractivity contribution is -0.187. The third-order valence-corrected chi connectivity index (χ3v) is 5.39. The van der Waals surface area contributed by atoms with E-state index in [0.717, 1.165) is 13.2 Å². The van der Waals surface area contributed by atoms with Gasteiger partial charge in [0.25, 0.3) is 0 Å². The summed E-state index contributed by atoms with van der Waals surface area (Å²) in [6.07, 6.45) is -4.81. The summed E-state index contributed by atoms with van der Waals surface area (Å²) in [6, 6.07) is 7.79. The number of hydrogen-bond acceptors (Lipinski definition) is 4. The number of ether oxygens (including phenoxy) is 2. The number of rotatable bonds is 4. The van der Waals surface area contributed by atoms with Gasteiger partial charge in [-0.15, -0.1) is 0 Å². The quantitative estimate of drug-likeness (QED) is 0.369. The van der Waals surface area contributed by atoms with Gasteiger partial charge in [0.1, 0.15) is 5.82 Å². The van der Waals surface area contributed by atoms with Crippen LogP contribution in [-0.4, -0.2) is 30.5 Å². The fraction of sp³-hybridized carbons (Fsp3) is 0.286. The molecular formula is C21H17F5N2O2. The van der Waals surface area contributed by atoms with Crippen LogP contribution in [0.5, 0.6) is 5.75 Å². The summed E-state index contributed by atoms with van der Waals surface area (Å²) in [4.78, 5) is 4.38. The van der Waals surface area contributed by atoms with Gasteiger partial charge in [-0.25, -0.2) is 8.78 Å². The molecule has 0 spiro atoms. The van der Waals surface area contributed by atoms with Crippen molar-refractivity contribution in [1.29, 1.82) is 0 Å². The zero-order valence-corrected chi connectivity index (χ0v) is 16.0. The highest BCUT2D eigenvalue weighted by atomic mass is 19.4. The molecule has 2 heterocycles. The number of aromatic nitrogens is 1. The fourth-order valence-electron chi connectivity index (χ4n) is 3.87. The number of pyridine rings is 1. The Morgan fingerprint density at radius 3 is 2.47 bits per heavy atom. The Balaban J connectivity index is 2.06. The minimum absolute atomic E-state index is 0.0959. The van der Waals surface area contributed by atoms with E-state index in [4.69, 9.17) is 15.2 Å². The predicted molar refractivity (Wildman–Crippen MR) is 100 cm³/mol. The molecule has 9 heteroatoms. The summed E-state index contributed by atoms with van der Waals surface area (Å²) >= 11 is 0. The Morgan fingerprint density at radius 2 is 1.87 bits per heavy atom. The number of nitrogens with zero attached hydrogens (tertiary/aromatic N) is 1. The average molecular weight is 424 g/mol. The van der Waals surface area contributed by atoms with Gasteiger partial charge < -0.3 is 15.2 Å². The van der Waals surface area contributed by atoms with Gasteiger partial charge in [-0.2, -0.15) is 13.2 Å². The summed E-state index contributed by atoms with van der Waals surface area (Å²) in [5.41, 5.74) is 4.17. The van der Waals surface area contributed by atoms with E-state index in [2.05, 4.69) is 4.98 Å². The second kappa shape index (κ2) is 6.80. The van der Waals surface area contributed by atoms with Crippen molar-refractivity contribution in [3.8, 4) is 5.75 Å². The van der Waals surface area contributed by atoms with Crippen LogP contribution in [0.1, 0.15) is 22.7 Å². The van der Waals surface area contributed by atoms with Gasteiger partial charge in [-0.05, 0) is 36.8 Å². The van der Waals surface area contributed by atoms with E-state index in [9.17, 15) is 22.0 Å². The summed E-state index contributed by atoms with van der Waals surface area (Å²) in [5, 5.41) is 0.428. The molecule has 30 heavy (non-hydrogen) atoms. The second-order valence-electron chi connectivity index (χ2n) is 7.20. The Labute approximate surface area is 168 Å². The van der Waals surface area contributed by atoms with Crippen LogP contribution in [-0.2, 0) is 4.74 Å². The van der Waals surface area contributed by atoms with Crippen molar-refractivity contribution < 1.29 is 31.4 Å². The van der Waals surface area contributed by atoms with Crippen LogP contribution in [0, 0.1) is 18.6 Å². The number of nitrogen functional groups attached to an aromatic ring is 1. The van der Waals surface area contributed by atoms with Crippen LogP contribution in [0.2, 0.25) is 0 Å². The molecule has 0 aliphatic carbocycles. The molecule has 2 aromatic carbocycles. The maximum Gasteiger partial charge on any atom is 0.420 e. The van der Waals surface area contributed by atoms with Gasteiger partial charge in [0, 0.05) is 28.4 Å². The number of benzene rings is 2. The normalized spacial score (nSPS) is 19.7. The first-order valence-electron chi connectivity index (χ1n) is 8.98. The van der Waals surface area contributed by atoms with Gasteiger partial charge in [0.2, 0.25) is 0 Å². The molecule has 0 saturated carbocycles. The van der Waals surface area contributed by atoms with Crippen LogP contribution in [0.15, 0.2) is 36.4 Å². The predicted octanol–water partition coefficient (Wildman–Crippen LogP) is 4.88. The summed E-state index contributed by atoms with van der Waals surface area (Å²) in [5.74, 6) is -4.24. The molecule has 0 amide bonds. The zero-order valence-electron chi connectivity index (χ0n) is 16.0. The van der Waals surface area contributed by atoms with E-state index in [1.54, 1.807) is 18.2 Å². The lowest BCUT2D eigenvalue weighted by atomic mass is 9.78. The number of hydrogen-bond donors (Lipinski definition) is 1. The topological polar surface area (TPSA) is 60.7 Å². The number of fused-ring (bicyclic) bond motifs is 1. The van der Waals surface area contributed by atoms with E-state index in [0.29, 0.717) is 22.7 Å². The van der Waals surface area contributed by atoms with Gasteiger partial charge in [0.15, 0.2) is 17.2 Å². The highest BCUT2D eigenvalue weighted by Crippen LogP contribution is 2.57. The highest BCUT2D eigenvalue weighted by Gasteiger charge is 2.71. The van der Waals surface area contributed by atoms with Crippen LogP contribution < -0.4 is 10.5 Å². The van der Waals surface area contributed by atoms with Crippen LogP contribution in [0.25, 0.3) is 10.9 Å². The molecule has 1 aromatic heterocycles. The molecule has 2 unspecified atom stereocenters. The highest BCUT2D eigenvalue weighted by molar-refractivity contribution is 5.91. The Hall–Kier alpha value is -2.94. The van der Waals surface area contributed by atoms with Crippen molar-refractivity contribution >= 4 is 16.6 Å². The van der Waals surface area contributed by atoms with Crippen molar-refractivity contribution in [3.63, 3.8) is 0 Å². The van der Waals surface area contributed by atoms with Gasteiger partial charge >= 0.3 is 6.18 Å². The minimum Gasteiger partial charge on any atom is -0.493 e. The van der Waals surface area contributed by atoms with E-state index in [1.807, 2.05) is 0 Å². The first-order valence-corrected chi connectivity index (χ1v) is 8.98. The number of nitrogens with two attached hydrogens (primary N) is 1. The van der Waals surface area contributed by atoms with E-state index in [-0.39, 0.29) is 16.8 Å². The van der Waals surface area contributed by atoms with Gasteiger partial charge in [-0.3, -0.25) is 4.98 Å². The molecule has 4 rings (SSSR count). The molecule has 158 valence electrons. The molecule has 0 radical (unpaired) electrons. The smallest absolute Gasteiger partial charge is 0.420 e. The Morgan fingerprint density at radius 1 is 1.17 bits per heavy atom. The summed E-state index contributed by atoms with van der Waals surface area (Å²) in [7, 11) is 1.11. The monoisotopic (exact) mass is 424 g/mol. The largest absolute Gasteiger partial charge is 0.493 e. The molecule has 0 bridgehead atoms. The number of methoxy groups -OCH3 is 1. The third kappa shape index (κ3) is 3.04. The first kappa shape index (κ1) is 20.3. The van der Waals surface area contributed by atoms with Crippen molar-refractivity contribution in [1.82, 2.24) is 4.98 Å². The summed E-state index contributed by atoms with van der Waals surface area (Å²) < 4.78 is 80.7. The molecule has 2 atom stereocenters. The first-order chi connectivity index (χ1) is 14.1. The number of halogens is 5. The Bertz CT molecular complexity index is 1140. The maximum absolute atomic E-state index is 14.4. The number of aryl methyl sites for hydroxylation is 1. The standard InChI is InChI=1S/C21H17F5N2O2/c1-10-12(8-13-16(27)4-3-5-17(13)28-10)18(20(9-30-20)21(24,25)26)14-6-11(22)7-15(23)19(14)29-2/h3-8,18H,9,27H2,1-2H3. The lowest BCUT2D eigenvalue weighted by Crippen LogP contribution is -2.40. The molecule has 2 N–H and O–H groups in total. The Kier molecular flexibility index (Phi) is 4.61. The van der Waals surface area contributed by atoms with Crippen LogP contribution >= 0.6 is 0 Å². The lowest BCUT2D eigenvalue weighted by Gasteiger charge is -2.29. The minimum atomic E-state index is -4.81. The zero-order chi connectivity index (χ0) is 21.8. The molecule has 1 fully saturated rings. The van der Waals surface area contributed by atoms with Gasteiger partial charge in [0.05, 0.1) is 25.2 Å². The number of epoxide rings is 1. The van der Waals surface area contributed by atoms with Crippen molar-refractivity contribution in [2.75, 3.05) is 19.5 Å². The SMILES string of the molecule is COc1c(F)cc(F)cc1C(c1cc2c(N)cccc2nc1C)C1(C(F)(F)F)CO1. The molecule has 1 aliphatic rings. The van der Waals surface area contributed by atoms with E-state index < -0.39 is 41.7 Å². The van der Waals surface area contributed by atoms with Crippen molar-refractivity contribution in [3.05, 3.63) is 64.9 Å². The number of anilines is 1. The third-order valence-electron chi connectivity index (χ3n) is 5.39. The maximum atomic E-state index is 14.4. The molecule has 4 nitrogen and oxygen atoms in total. The van der Waals surface area contributed by atoms with E-state index >= 15 is 0 Å². The van der Waals surface area contributed by atoms with Crippen molar-refractivity contribution in [2.24, 2.45) is 0 Å². The molecule has 3 aromatic rings. The van der Waals surface area contributed by atoms with Crippen molar-refractivity contribution in [2.45, 2.75) is 24.6 Å². The van der Waals surface area contributed by atoms with Crippen LogP contribution in [0.3, 0.4) is 0 Å². The van der Waals surface area contributed by atoms with E-state index in [1.165, 1.54) is 13.0 Å². The van der Waals surface area contributed by atoms with Crippen LogP contribution in [0.4, 0.5) is 27.6 Å². The number of alkyl halides is 3.